The van der Waals surface area contributed by atoms with E-state index in [4.69, 9.17) is 23.2 Å². The number of halogens is 2. The van der Waals surface area contributed by atoms with Gasteiger partial charge in [-0.05, 0) is 61.6 Å². The molecule has 0 saturated carbocycles. The van der Waals surface area contributed by atoms with Crippen LogP contribution < -0.4 is 4.90 Å². The molecule has 27 heavy (non-hydrogen) atoms. The standard InChI is InChI=1S/C22H26Cl2N2O/c1-16(12-17-6-5-7-19(13-17)26-10-3-4-11-26)25(2)22(27)15-18-8-9-20(23)21(24)14-18/h5-9,13-14,16H,3-4,10-12,15H2,1-2H3. The number of likely N-dealkylation sites (N-methyl/N-ethyl adjacent to an activating group) is 1. The number of benzene rings is 2. The quantitative estimate of drug-likeness (QED) is 0.658. The Morgan fingerprint density at radius 2 is 1.81 bits per heavy atom. The molecule has 144 valence electrons. The number of hydrogen-bond acceptors (Lipinski definition) is 2. The summed E-state index contributed by atoms with van der Waals surface area (Å²) in [6, 6.07) is 14.2. The molecule has 3 nitrogen and oxygen atoms in total. The summed E-state index contributed by atoms with van der Waals surface area (Å²) in [7, 11) is 1.87. The number of rotatable bonds is 6. The second kappa shape index (κ2) is 8.99. The van der Waals surface area contributed by atoms with Crippen molar-refractivity contribution in [2.45, 2.75) is 38.6 Å². The molecular weight excluding hydrogens is 379 g/mol. The van der Waals surface area contributed by atoms with Crippen molar-refractivity contribution in [3.8, 4) is 0 Å². The van der Waals surface area contributed by atoms with Crippen LogP contribution in [0.3, 0.4) is 0 Å². The van der Waals surface area contributed by atoms with E-state index in [-0.39, 0.29) is 11.9 Å². The zero-order valence-electron chi connectivity index (χ0n) is 15.9. The summed E-state index contributed by atoms with van der Waals surface area (Å²) in [6.07, 6.45) is 3.70. The van der Waals surface area contributed by atoms with E-state index in [0.29, 0.717) is 16.5 Å². The lowest BCUT2D eigenvalue weighted by molar-refractivity contribution is -0.130. The average Bonchev–Trinajstić information content (AvgIpc) is 3.19. The number of carbonyl (C=O) groups is 1. The van der Waals surface area contributed by atoms with E-state index in [9.17, 15) is 4.79 Å². The third-order valence-corrected chi connectivity index (χ3v) is 6.05. The van der Waals surface area contributed by atoms with Gasteiger partial charge in [-0.2, -0.15) is 0 Å². The van der Waals surface area contributed by atoms with Crippen LogP contribution in [0.15, 0.2) is 42.5 Å². The minimum atomic E-state index is 0.0802. The molecule has 1 amide bonds. The first-order valence-corrected chi connectivity index (χ1v) is 10.2. The predicted molar refractivity (Wildman–Crippen MR) is 114 cm³/mol. The second-order valence-corrected chi connectivity index (χ2v) is 8.16. The van der Waals surface area contributed by atoms with E-state index in [1.807, 2.05) is 18.0 Å². The van der Waals surface area contributed by atoms with Crippen LogP contribution in [0.25, 0.3) is 0 Å². The van der Waals surface area contributed by atoms with Crippen LogP contribution in [-0.4, -0.2) is 37.0 Å². The van der Waals surface area contributed by atoms with Gasteiger partial charge < -0.3 is 9.80 Å². The van der Waals surface area contributed by atoms with Gasteiger partial charge in [-0.15, -0.1) is 0 Å². The van der Waals surface area contributed by atoms with Crippen LogP contribution in [0.1, 0.15) is 30.9 Å². The minimum Gasteiger partial charge on any atom is -0.372 e. The van der Waals surface area contributed by atoms with E-state index >= 15 is 0 Å². The maximum absolute atomic E-state index is 12.7. The van der Waals surface area contributed by atoms with Crippen molar-refractivity contribution in [1.29, 1.82) is 0 Å². The van der Waals surface area contributed by atoms with Crippen molar-refractivity contribution in [2.24, 2.45) is 0 Å². The molecule has 1 heterocycles. The first-order valence-electron chi connectivity index (χ1n) is 9.47. The van der Waals surface area contributed by atoms with Crippen LogP contribution in [0.5, 0.6) is 0 Å². The van der Waals surface area contributed by atoms with E-state index in [2.05, 4.69) is 36.1 Å². The Kier molecular flexibility index (Phi) is 6.67. The topological polar surface area (TPSA) is 23.6 Å². The molecule has 5 heteroatoms. The Morgan fingerprint density at radius 1 is 1.07 bits per heavy atom. The summed E-state index contributed by atoms with van der Waals surface area (Å²) in [5.74, 6) is 0.0802. The van der Waals surface area contributed by atoms with Gasteiger partial charge in [0.05, 0.1) is 16.5 Å². The molecule has 0 aliphatic carbocycles. The fraction of sp³-hybridized carbons (Fsp3) is 0.409. The van der Waals surface area contributed by atoms with Crippen LogP contribution in [0.2, 0.25) is 10.0 Å². The lowest BCUT2D eigenvalue weighted by Crippen LogP contribution is -2.37. The Bertz CT molecular complexity index is 803. The van der Waals surface area contributed by atoms with Crippen LogP contribution in [-0.2, 0) is 17.6 Å². The summed E-state index contributed by atoms with van der Waals surface area (Å²) in [4.78, 5) is 16.9. The number of anilines is 1. The Hall–Kier alpha value is -1.71. The van der Waals surface area contributed by atoms with Crippen molar-refractivity contribution in [2.75, 3.05) is 25.0 Å². The highest BCUT2D eigenvalue weighted by Gasteiger charge is 2.18. The van der Waals surface area contributed by atoms with Crippen LogP contribution in [0.4, 0.5) is 5.69 Å². The molecule has 1 fully saturated rings. The molecule has 1 unspecified atom stereocenters. The highest BCUT2D eigenvalue weighted by Crippen LogP contribution is 2.24. The molecule has 0 spiro atoms. The molecule has 0 N–H and O–H groups in total. The number of hydrogen-bond donors (Lipinski definition) is 0. The molecule has 3 rings (SSSR count). The van der Waals surface area contributed by atoms with Crippen molar-refractivity contribution < 1.29 is 4.79 Å². The highest BCUT2D eigenvalue weighted by atomic mass is 35.5. The van der Waals surface area contributed by atoms with Gasteiger partial charge in [0, 0.05) is 31.9 Å². The summed E-state index contributed by atoms with van der Waals surface area (Å²) >= 11 is 12.0. The number of nitrogens with zero attached hydrogens (tertiary/aromatic N) is 2. The normalized spacial score (nSPS) is 15.0. The molecule has 2 aromatic rings. The molecule has 1 saturated heterocycles. The van der Waals surface area contributed by atoms with E-state index in [1.54, 1.807) is 12.1 Å². The minimum absolute atomic E-state index is 0.0802. The maximum Gasteiger partial charge on any atom is 0.226 e. The fourth-order valence-electron chi connectivity index (χ4n) is 3.53. The van der Waals surface area contributed by atoms with Gasteiger partial charge in [-0.1, -0.05) is 41.4 Å². The molecule has 1 atom stereocenters. The fourth-order valence-corrected chi connectivity index (χ4v) is 3.85. The third kappa shape index (κ3) is 5.18. The van der Waals surface area contributed by atoms with Gasteiger partial charge in [0.1, 0.15) is 0 Å². The molecule has 0 radical (unpaired) electrons. The highest BCUT2D eigenvalue weighted by molar-refractivity contribution is 6.42. The monoisotopic (exact) mass is 404 g/mol. The Balaban J connectivity index is 1.61. The second-order valence-electron chi connectivity index (χ2n) is 7.35. The molecule has 1 aliphatic rings. The van der Waals surface area contributed by atoms with Gasteiger partial charge >= 0.3 is 0 Å². The first-order chi connectivity index (χ1) is 12.9. The number of amides is 1. The van der Waals surface area contributed by atoms with Gasteiger partial charge in [0.25, 0.3) is 0 Å². The molecular formula is C22H26Cl2N2O. The van der Waals surface area contributed by atoms with Crippen molar-refractivity contribution in [3.05, 3.63) is 63.6 Å². The van der Waals surface area contributed by atoms with Crippen molar-refractivity contribution >= 4 is 34.8 Å². The third-order valence-electron chi connectivity index (χ3n) is 5.31. The smallest absolute Gasteiger partial charge is 0.226 e. The van der Waals surface area contributed by atoms with E-state index in [1.165, 1.54) is 24.1 Å². The lowest BCUT2D eigenvalue weighted by atomic mass is 10.0. The Morgan fingerprint density at radius 3 is 2.52 bits per heavy atom. The molecule has 0 bridgehead atoms. The molecule has 2 aromatic carbocycles. The maximum atomic E-state index is 12.7. The van der Waals surface area contributed by atoms with Gasteiger partial charge in [0.15, 0.2) is 0 Å². The van der Waals surface area contributed by atoms with Crippen molar-refractivity contribution in [1.82, 2.24) is 4.90 Å². The largest absolute Gasteiger partial charge is 0.372 e. The SMILES string of the molecule is CC(Cc1cccc(N2CCCC2)c1)N(C)C(=O)Cc1ccc(Cl)c(Cl)c1. The van der Waals surface area contributed by atoms with Crippen LogP contribution >= 0.6 is 23.2 Å². The van der Waals surface area contributed by atoms with E-state index in [0.717, 1.165) is 25.1 Å². The van der Waals surface area contributed by atoms with Gasteiger partial charge in [-0.25, -0.2) is 0 Å². The average molecular weight is 405 g/mol. The van der Waals surface area contributed by atoms with Gasteiger partial charge in [-0.3, -0.25) is 4.79 Å². The zero-order chi connectivity index (χ0) is 19.4. The summed E-state index contributed by atoms with van der Waals surface area (Å²) in [6.45, 7) is 4.37. The predicted octanol–water partition coefficient (Wildman–Crippen LogP) is 5.23. The number of carbonyl (C=O) groups excluding carboxylic acids is 1. The summed E-state index contributed by atoms with van der Waals surface area (Å²) in [5.41, 5.74) is 3.44. The first kappa shape index (κ1) is 20.0. The summed E-state index contributed by atoms with van der Waals surface area (Å²) in [5, 5.41) is 0.990. The zero-order valence-corrected chi connectivity index (χ0v) is 17.4. The van der Waals surface area contributed by atoms with Crippen LogP contribution in [0, 0.1) is 0 Å². The van der Waals surface area contributed by atoms with Crippen molar-refractivity contribution in [3.63, 3.8) is 0 Å². The van der Waals surface area contributed by atoms with Gasteiger partial charge in [0.2, 0.25) is 5.91 Å². The van der Waals surface area contributed by atoms with E-state index < -0.39 is 0 Å². The molecule has 0 aromatic heterocycles. The summed E-state index contributed by atoms with van der Waals surface area (Å²) < 4.78 is 0. The Labute approximate surface area is 171 Å². The molecule has 1 aliphatic heterocycles. The lowest BCUT2D eigenvalue weighted by Gasteiger charge is -2.26.